The molecule has 2 amide bonds. The lowest BCUT2D eigenvalue weighted by molar-refractivity contribution is -0.00278. The molecule has 3 fully saturated rings. The molecule has 3 rings (SSSR count). The van der Waals surface area contributed by atoms with Crippen molar-refractivity contribution < 1.29 is 9.53 Å². The highest BCUT2D eigenvalue weighted by Gasteiger charge is 2.42. The van der Waals surface area contributed by atoms with Gasteiger partial charge in [-0.05, 0) is 25.7 Å². The molecule has 4 nitrogen and oxygen atoms in total. The fourth-order valence-electron chi connectivity index (χ4n) is 3.57. The Kier molecular flexibility index (Phi) is 2.99. The first kappa shape index (κ1) is 11.3. The second-order valence-corrected chi connectivity index (χ2v) is 5.66. The van der Waals surface area contributed by atoms with Crippen LogP contribution in [0.3, 0.4) is 0 Å². The van der Waals surface area contributed by atoms with Gasteiger partial charge in [-0.2, -0.15) is 0 Å². The van der Waals surface area contributed by atoms with E-state index in [1.807, 2.05) is 11.9 Å². The van der Waals surface area contributed by atoms with Crippen molar-refractivity contribution in [3.05, 3.63) is 0 Å². The van der Waals surface area contributed by atoms with Gasteiger partial charge in [0.2, 0.25) is 0 Å². The van der Waals surface area contributed by atoms with Crippen LogP contribution in [0.4, 0.5) is 4.79 Å². The fourth-order valence-corrected chi connectivity index (χ4v) is 3.57. The zero-order valence-electron chi connectivity index (χ0n) is 10.6. The first-order valence-corrected chi connectivity index (χ1v) is 6.90. The molecule has 0 radical (unpaired) electrons. The van der Waals surface area contributed by atoms with Crippen molar-refractivity contribution in [3.8, 4) is 0 Å². The summed E-state index contributed by atoms with van der Waals surface area (Å²) in [7, 11) is 1.98. The average Bonchev–Trinajstić information content (AvgIpc) is 2.94. The highest BCUT2D eigenvalue weighted by atomic mass is 16.5. The molecule has 4 heteroatoms. The van der Waals surface area contributed by atoms with Crippen LogP contribution in [0.2, 0.25) is 0 Å². The van der Waals surface area contributed by atoms with Crippen molar-refractivity contribution in [2.24, 2.45) is 0 Å². The van der Waals surface area contributed by atoms with Gasteiger partial charge in [-0.15, -0.1) is 0 Å². The summed E-state index contributed by atoms with van der Waals surface area (Å²) in [5.41, 5.74) is 0. The van der Waals surface area contributed by atoms with Gasteiger partial charge in [-0.1, -0.05) is 12.8 Å². The number of carbonyl (C=O) groups excluding carboxylic acids is 1. The number of hydrogen-bond acceptors (Lipinski definition) is 2. The Hall–Kier alpha value is -0.770. The van der Waals surface area contributed by atoms with E-state index in [0.29, 0.717) is 18.1 Å². The van der Waals surface area contributed by atoms with Gasteiger partial charge in [0.15, 0.2) is 0 Å². The van der Waals surface area contributed by atoms with Crippen molar-refractivity contribution >= 4 is 6.03 Å². The Labute approximate surface area is 103 Å². The van der Waals surface area contributed by atoms with Crippen LogP contribution in [0.15, 0.2) is 0 Å². The summed E-state index contributed by atoms with van der Waals surface area (Å²) in [4.78, 5) is 16.6. The summed E-state index contributed by atoms with van der Waals surface area (Å²) >= 11 is 0. The van der Waals surface area contributed by atoms with Crippen molar-refractivity contribution in [1.82, 2.24) is 9.80 Å². The van der Waals surface area contributed by atoms with E-state index in [1.54, 1.807) is 0 Å². The number of morpholine rings is 1. The summed E-state index contributed by atoms with van der Waals surface area (Å²) in [5, 5.41) is 0. The minimum absolute atomic E-state index is 0.243. The summed E-state index contributed by atoms with van der Waals surface area (Å²) in [6.45, 7) is 1.47. The second kappa shape index (κ2) is 4.48. The number of ether oxygens (including phenoxy) is 1. The number of urea groups is 1. The maximum atomic E-state index is 12.5. The van der Waals surface area contributed by atoms with E-state index < -0.39 is 0 Å². The summed E-state index contributed by atoms with van der Waals surface area (Å²) in [6, 6.07) is 1.40. The van der Waals surface area contributed by atoms with Crippen molar-refractivity contribution in [2.75, 3.05) is 20.3 Å². The van der Waals surface area contributed by atoms with E-state index >= 15 is 0 Å². The molecule has 17 heavy (non-hydrogen) atoms. The molecule has 0 aromatic heterocycles. The van der Waals surface area contributed by atoms with Gasteiger partial charge in [-0.25, -0.2) is 4.79 Å². The molecule has 96 valence electrons. The fraction of sp³-hybridized carbons (Fsp3) is 0.923. The molecule has 2 bridgehead atoms. The Morgan fingerprint density at radius 3 is 2.29 bits per heavy atom. The molecule has 0 aromatic carbocycles. The highest BCUT2D eigenvalue weighted by molar-refractivity contribution is 5.75. The quantitative estimate of drug-likeness (QED) is 0.698. The molecule has 2 heterocycles. The molecule has 3 aliphatic rings. The molecule has 0 N–H and O–H groups in total. The predicted molar refractivity (Wildman–Crippen MR) is 64.9 cm³/mol. The second-order valence-electron chi connectivity index (χ2n) is 5.66. The van der Waals surface area contributed by atoms with Crippen LogP contribution in [0, 0.1) is 0 Å². The minimum Gasteiger partial charge on any atom is -0.377 e. The first-order valence-electron chi connectivity index (χ1n) is 6.90. The highest BCUT2D eigenvalue weighted by Crippen LogP contribution is 2.31. The van der Waals surface area contributed by atoms with Crippen LogP contribution in [0.25, 0.3) is 0 Å². The molecule has 2 saturated heterocycles. The number of amides is 2. The van der Waals surface area contributed by atoms with Crippen molar-refractivity contribution in [3.63, 3.8) is 0 Å². The molecule has 2 unspecified atom stereocenters. The Bertz CT molecular complexity index is 286. The molecule has 2 aliphatic heterocycles. The number of carbonyl (C=O) groups is 1. The normalized spacial score (nSPS) is 33.1. The van der Waals surface area contributed by atoms with Crippen LogP contribution >= 0.6 is 0 Å². The molecule has 0 spiro atoms. The minimum atomic E-state index is 0.243. The van der Waals surface area contributed by atoms with Gasteiger partial charge in [0.1, 0.15) is 0 Å². The Morgan fingerprint density at radius 2 is 1.71 bits per heavy atom. The van der Waals surface area contributed by atoms with Gasteiger partial charge in [0.05, 0.1) is 25.3 Å². The van der Waals surface area contributed by atoms with Gasteiger partial charge in [0.25, 0.3) is 0 Å². The third kappa shape index (κ3) is 1.92. The molecule has 1 saturated carbocycles. The maximum Gasteiger partial charge on any atom is 0.320 e. The standard InChI is InChI=1S/C13H22N2O2/c1-14(10-4-2-3-5-10)13(16)15-11-6-7-12(15)9-17-8-11/h10-12H,2-9H2,1H3. The largest absolute Gasteiger partial charge is 0.377 e. The lowest BCUT2D eigenvalue weighted by Gasteiger charge is -2.39. The third-order valence-corrected chi connectivity index (χ3v) is 4.64. The summed E-state index contributed by atoms with van der Waals surface area (Å²) in [6.07, 6.45) is 7.16. The molecule has 1 aliphatic carbocycles. The predicted octanol–water partition coefficient (Wildman–Crippen LogP) is 1.84. The van der Waals surface area contributed by atoms with Gasteiger partial charge in [0, 0.05) is 13.1 Å². The number of fused-ring (bicyclic) bond motifs is 2. The van der Waals surface area contributed by atoms with Crippen LogP contribution in [-0.2, 0) is 4.74 Å². The van der Waals surface area contributed by atoms with Crippen LogP contribution in [0.5, 0.6) is 0 Å². The lowest BCUT2D eigenvalue weighted by atomic mass is 10.2. The van der Waals surface area contributed by atoms with Crippen molar-refractivity contribution in [1.29, 1.82) is 0 Å². The maximum absolute atomic E-state index is 12.5. The molecular formula is C13H22N2O2. The number of rotatable bonds is 1. The van der Waals surface area contributed by atoms with E-state index in [2.05, 4.69) is 4.90 Å². The van der Waals surface area contributed by atoms with E-state index in [1.165, 1.54) is 25.7 Å². The van der Waals surface area contributed by atoms with E-state index in [9.17, 15) is 4.79 Å². The third-order valence-electron chi connectivity index (χ3n) is 4.64. The lowest BCUT2D eigenvalue weighted by Crippen LogP contribution is -2.54. The van der Waals surface area contributed by atoms with Crippen LogP contribution in [-0.4, -0.2) is 54.2 Å². The van der Waals surface area contributed by atoms with Gasteiger partial charge < -0.3 is 14.5 Å². The van der Waals surface area contributed by atoms with Gasteiger partial charge >= 0.3 is 6.03 Å². The number of hydrogen-bond donors (Lipinski definition) is 0. The van der Waals surface area contributed by atoms with E-state index in [-0.39, 0.29) is 6.03 Å². The summed E-state index contributed by atoms with van der Waals surface area (Å²) in [5.74, 6) is 0. The zero-order chi connectivity index (χ0) is 11.8. The molecular weight excluding hydrogens is 216 g/mol. The summed E-state index contributed by atoms with van der Waals surface area (Å²) < 4.78 is 5.53. The SMILES string of the molecule is CN(C(=O)N1C2CCC1COC2)C1CCCC1. The monoisotopic (exact) mass is 238 g/mol. The topological polar surface area (TPSA) is 32.8 Å². The Balaban J connectivity index is 1.69. The van der Waals surface area contributed by atoms with Crippen LogP contribution < -0.4 is 0 Å². The molecule has 0 aromatic rings. The Morgan fingerprint density at radius 1 is 1.12 bits per heavy atom. The zero-order valence-corrected chi connectivity index (χ0v) is 10.6. The van der Waals surface area contributed by atoms with E-state index in [0.717, 1.165) is 26.1 Å². The molecule has 2 atom stereocenters. The average molecular weight is 238 g/mol. The van der Waals surface area contributed by atoms with Crippen LogP contribution in [0.1, 0.15) is 38.5 Å². The van der Waals surface area contributed by atoms with E-state index in [4.69, 9.17) is 4.74 Å². The van der Waals surface area contributed by atoms with Crippen molar-refractivity contribution in [2.45, 2.75) is 56.7 Å². The van der Waals surface area contributed by atoms with Gasteiger partial charge in [-0.3, -0.25) is 0 Å². The first-order chi connectivity index (χ1) is 8.27. The number of nitrogens with zero attached hydrogens (tertiary/aromatic N) is 2. The smallest absolute Gasteiger partial charge is 0.320 e.